The second-order valence-electron chi connectivity index (χ2n) is 3.63. The van der Waals surface area contributed by atoms with Gasteiger partial charge in [-0.25, -0.2) is 0 Å². The first kappa shape index (κ1) is 13.8. The van der Waals surface area contributed by atoms with Crippen molar-refractivity contribution >= 4 is 11.7 Å². The Hall–Kier alpha value is -2.24. The highest BCUT2D eigenvalue weighted by molar-refractivity contribution is 5.98. The van der Waals surface area contributed by atoms with E-state index in [1.165, 1.54) is 0 Å². The van der Waals surface area contributed by atoms with Crippen molar-refractivity contribution in [3.05, 3.63) is 30.3 Å². The van der Waals surface area contributed by atoms with E-state index in [2.05, 4.69) is 10.5 Å². The fraction of sp³-hybridized carbons (Fsp3) is 0.333. The number of benzene rings is 1. The van der Waals surface area contributed by atoms with Gasteiger partial charge in [0.2, 0.25) is 5.91 Å². The minimum absolute atomic E-state index is 0.101. The minimum atomic E-state index is -0.273. The van der Waals surface area contributed by atoms with Crippen LogP contribution in [0.4, 0.5) is 0 Å². The Bertz CT molecular complexity index is 393. The molecule has 0 aliphatic heterocycles. The average molecular weight is 251 g/mol. The number of ether oxygens (including phenoxy) is 1. The molecule has 6 heteroatoms. The molecule has 0 heterocycles. The first-order chi connectivity index (χ1) is 8.72. The number of rotatable bonds is 7. The Balaban J connectivity index is 2.07. The molecule has 1 aromatic rings. The van der Waals surface area contributed by atoms with Gasteiger partial charge in [-0.3, -0.25) is 4.79 Å². The maximum Gasteiger partial charge on any atom is 0.227 e. The Morgan fingerprint density at radius 1 is 1.39 bits per heavy atom. The molecule has 0 saturated heterocycles. The number of oxime groups is 1. The summed E-state index contributed by atoms with van der Waals surface area (Å²) in [5.74, 6) is 0.429. The van der Waals surface area contributed by atoms with Crippen molar-refractivity contribution in [3.63, 3.8) is 0 Å². The van der Waals surface area contributed by atoms with Crippen LogP contribution < -0.4 is 15.8 Å². The lowest BCUT2D eigenvalue weighted by Gasteiger charge is -2.06. The Morgan fingerprint density at radius 3 is 2.78 bits per heavy atom. The molecule has 6 nitrogen and oxygen atoms in total. The number of nitrogens with one attached hydrogen (secondary N) is 1. The van der Waals surface area contributed by atoms with Crippen molar-refractivity contribution in [1.82, 2.24) is 5.32 Å². The van der Waals surface area contributed by atoms with Crippen molar-refractivity contribution in [3.8, 4) is 5.75 Å². The zero-order chi connectivity index (χ0) is 13.2. The number of nitrogens with zero attached hydrogens (tertiary/aromatic N) is 1. The van der Waals surface area contributed by atoms with Gasteiger partial charge >= 0.3 is 0 Å². The molecule has 98 valence electrons. The number of amides is 1. The van der Waals surface area contributed by atoms with E-state index >= 15 is 0 Å². The van der Waals surface area contributed by atoms with Crippen LogP contribution in [0.15, 0.2) is 35.5 Å². The van der Waals surface area contributed by atoms with E-state index in [0.29, 0.717) is 19.6 Å². The van der Waals surface area contributed by atoms with E-state index in [-0.39, 0.29) is 18.2 Å². The second-order valence-corrected chi connectivity index (χ2v) is 3.63. The summed E-state index contributed by atoms with van der Waals surface area (Å²) in [6.45, 7) is 1.01. The van der Waals surface area contributed by atoms with Crippen molar-refractivity contribution < 1.29 is 14.7 Å². The summed E-state index contributed by atoms with van der Waals surface area (Å²) in [6.07, 6.45) is 0.590. The molecule has 0 aliphatic carbocycles. The first-order valence-corrected chi connectivity index (χ1v) is 5.63. The summed E-state index contributed by atoms with van der Waals surface area (Å²) in [7, 11) is 0. The second kappa shape index (κ2) is 7.94. The number of hydrogen-bond acceptors (Lipinski definition) is 4. The van der Waals surface area contributed by atoms with Gasteiger partial charge in [-0.1, -0.05) is 23.4 Å². The summed E-state index contributed by atoms with van der Waals surface area (Å²) < 4.78 is 5.45. The van der Waals surface area contributed by atoms with Crippen LogP contribution in [-0.4, -0.2) is 30.1 Å². The van der Waals surface area contributed by atoms with E-state index in [4.69, 9.17) is 15.7 Å². The predicted molar refractivity (Wildman–Crippen MR) is 67.6 cm³/mol. The van der Waals surface area contributed by atoms with Crippen molar-refractivity contribution in [2.45, 2.75) is 12.8 Å². The molecule has 1 aromatic carbocycles. The van der Waals surface area contributed by atoms with Crippen molar-refractivity contribution in [2.24, 2.45) is 10.9 Å². The van der Waals surface area contributed by atoms with E-state index in [1.54, 1.807) is 0 Å². The van der Waals surface area contributed by atoms with Crippen LogP contribution >= 0.6 is 0 Å². The van der Waals surface area contributed by atoms with Gasteiger partial charge in [0.15, 0.2) is 0 Å². The van der Waals surface area contributed by atoms with Crippen LogP contribution in [0, 0.1) is 0 Å². The molecule has 0 aliphatic rings. The molecule has 18 heavy (non-hydrogen) atoms. The molecule has 0 atom stereocenters. The zero-order valence-corrected chi connectivity index (χ0v) is 10.0. The summed E-state index contributed by atoms with van der Waals surface area (Å²) in [6, 6.07) is 9.45. The van der Waals surface area contributed by atoms with Gasteiger partial charge in [0.05, 0.1) is 13.0 Å². The zero-order valence-electron chi connectivity index (χ0n) is 10.0. The van der Waals surface area contributed by atoms with Crippen molar-refractivity contribution in [2.75, 3.05) is 13.2 Å². The lowest BCUT2D eigenvalue weighted by molar-refractivity contribution is -0.119. The normalized spacial score (nSPS) is 11.0. The van der Waals surface area contributed by atoms with E-state index in [0.717, 1.165) is 5.75 Å². The van der Waals surface area contributed by atoms with Crippen molar-refractivity contribution in [1.29, 1.82) is 0 Å². The number of para-hydroxylation sites is 1. The molecular formula is C12H17N3O3. The maximum absolute atomic E-state index is 11.2. The average Bonchev–Trinajstić information content (AvgIpc) is 2.39. The highest BCUT2D eigenvalue weighted by Gasteiger charge is 2.03. The Kier molecular flexibility index (Phi) is 6.10. The highest BCUT2D eigenvalue weighted by atomic mass is 16.5. The minimum Gasteiger partial charge on any atom is -0.494 e. The predicted octanol–water partition coefficient (Wildman–Crippen LogP) is 0.708. The van der Waals surface area contributed by atoms with Gasteiger partial charge in [-0.05, 0) is 18.6 Å². The third-order valence-electron chi connectivity index (χ3n) is 2.13. The number of carbonyl (C=O) groups is 1. The van der Waals surface area contributed by atoms with Gasteiger partial charge in [0.1, 0.15) is 11.6 Å². The number of nitrogens with two attached hydrogens (primary N) is 1. The van der Waals surface area contributed by atoms with Gasteiger partial charge in [-0.2, -0.15) is 0 Å². The van der Waals surface area contributed by atoms with Gasteiger partial charge in [0.25, 0.3) is 0 Å². The molecule has 0 saturated carbocycles. The van der Waals surface area contributed by atoms with E-state index < -0.39 is 0 Å². The number of carbonyl (C=O) groups excluding carboxylic acids is 1. The molecule has 0 unspecified atom stereocenters. The van der Waals surface area contributed by atoms with Gasteiger partial charge in [0, 0.05) is 6.54 Å². The van der Waals surface area contributed by atoms with E-state index in [1.807, 2.05) is 30.3 Å². The fourth-order valence-electron chi connectivity index (χ4n) is 1.27. The molecule has 0 radical (unpaired) electrons. The van der Waals surface area contributed by atoms with Crippen LogP contribution in [0.5, 0.6) is 5.75 Å². The topological polar surface area (TPSA) is 96.9 Å². The van der Waals surface area contributed by atoms with Crippen LogP contribution in [0.3, 0.4) is 0 Å². The van der Waals surface area contributed by atoms with E-state index in [9.17, 15) is 4.79 Å². The van der Waals surface area contributed by atoms with Crippen LogP contribution in [0.2, 0.25) is 0 Å². The lowest BCUT2D eigenvalue weighted by Crippen LogP contribution is -2.29. The highest BCUT2D eigenvalue weighted by Crippen LogP contribution is 2.07. The molecule has 4 N–H and O–H groups in total. The number of amidine groups is 1. The molecule has 1 amide bonds. The SMILES string of the molecule is NC(CC(=O)NCCCOc1ccccc1)=NO. The summed E-state index contributed by atoms with van der Waals surface area (Å²) >= 11 is 0. The fourth-order valence-corrected chi connectivity index (χ4v) is 1.27. The van der Waals surface area contributed by atoms with Crippen LogP contribution in [0.25, 0.3) is 0 Å². The number of hydrogen-bond donors (Lipinski definition) is 3. The first-order valence-electron chi connectivity index (χ1n) is 5.63. The Labute approximate surface area is 105 Å². The van der Waals surface area contributed by atoms with Gasteiger partial charge in [-0.15, -0.1) is 0 Å². The standard InChI is InChI=1S/C12H17N3O3/c13-11(15-17)9-12(16)14-7-4-8-18-10-5-2-1-3-6-10/h1-3,5-6,17H,4,7-9H2,(H2,13,15)(H,14,16). The third-order valence-corrected chi connectivity index (χ3v) is 2.13. The summed E-state index contributed by atoms with van der Waals surface area (Å²) in [5.41, 5.74) is 5.19. The Morgan fingerprint density at radius 2 is 2.11 bits per heavy atom. The third kappa shape index (κ3) is 5.74. The quantitative estimate of drug-likeness (QED) is 0.218. The van der Waals surface area contributed by atoms with Gasteiger partial charge < -0.3 is 21.0 Å². The van der Waals surface area contributed by atoms with Crippen LogP contribution in [0.1, 0.15) is 12.8 Å². The largest absolute Gasteiger partial charge is 0.494 e. The molecule has 0 fully saturated rings. The molecule has 0 bridgehead atoms. The molecule has 0 aromatic heterocycles. The molecular weight excluding hydrogens is 234 g/mol. The smallest absolute Gasteiger partial charge is 0.227 e. The molecule has 0 spiro atoms. The summed E-state index contributed by atoms with van der Waals surface area (Å²) in [4.78, 5) is 11.2. The molecule has 1 rings (SSSR count). The lowest BCUT2D eigenvalue weighted by atomic mass is 10.3. The van der Waals surface area contributed by atoms with Crippen LogP contribution in [-0.2, 0) is 4.79 Å². The maximum atomic E-state index is 11.2. The monoisotopic (exact) mass is 251 g/mol. The summed E-state index contributed by atoms with van der Waals surface area (Å²) in [5, 5.41) is 13.6.